The van der Waals surface area contributed by atoms with Gasteiger partial charge in [0.05, 0.1) is 9.92 Å². The van der Waals surface area contributed by atoms with Crippen LogP contribution in [0, 0.1) is 0 Å². The zero-order valence-electron chi connectivity index (χ0n) is 20.6. The van der Waals surface area contributed by atoms with Crippen LogP contribution in [-0.2, 0) is 21.4 Å². The molecule has 1 amide bonds. The molecule has 13 heteroatoms. The number of hydrogen-bond donors (Lipinski definition) is 1. The number of hydrogen-bond acceptors (Lipinski definition) is 7. The number of halogens is 3. The number of nitrogens with one attached hydrogen (secondary N) is 1. The van der Waals surface area contributed by atoms with Gasteiger partial charge in [-0.25, -0.2) is 12.7 Å². The number of aromatic nitrogens is 2. The standard InChI is InChI=1S/C26H23BrCl2N4O4S2/c1-33(39(35,36)21-10-7-19(27)8-11-21)15-18(17-5-3-2-4-6-17)13-24(34)30-26-32-31-25(38-26)16-37-23-12-9-20(28)14-22(23)29/h2-12,14,18H,13,15-16H2,1H3,(H,30,32,34). The number of anilines is 1. The Morgan fingerprint density at radius 3 is 2.49 bits per heavy atom. The molecule has 3 aromatic carbocycles. The minimum absolute atomic E-state index is 0.0377. The van der Waals surface area contributed by atoms with Crippen LogP contribution in [0.15, 0.2) is 82.2 Å². The predicted molar refractivity (Wildman–Crippen MR) is 157 cm³/mol. The van der Waals surface area contributed by atoms with Crippen molar-refractivity contribution in [3.63, 3.8) is 0 Å². The summed E-state index contributed by atoms with van der Waals surface area (Å²) in [4.78, 5) is 13.2. The Bertz CT molecular complexity index is 1540. The second-order valence-electron chi connectivity index (χ2n) is 8.46. The molecule has 1 N–H and O–H groups in total. The van der Waals surface area contributed by atoms with E-state index in [2.05, 4.69) is 31.4 Å². The van der Waals surface area contributed by atoms with Gasteiger partial charge in [-0.2, -0.15) is 0 Å². The largest absolute Gasteiger partial charge is 0.485 e. The average molecular weight is 670 g/mol. The second kappa shape index (κ2) is 13.2. The molecule has 1 aromatic heterocycles. The van der Waals surface area contributed by atoms with E-state index in [0.29, 0.717) is 25.9 Å². The van der Waals surface area contributed by atoms with Crippen LogP contribution in [0.25, 0.3) is 0 Å². The minimum Gasteiger partial charge on any atom is -0.485 e. The minimum atomic E-state index is -3.76. The topological polar surface area (TPSA) is 101 Å². The van der Waals surface area contributed by atoms with E-state index < -0.39 is 15.9 Å². The van der Waals surface area contributed by atoms with Gasteiger partial charge in [0.25, 0.3) is 0 Å². The van der Waals surface area contributed by atoms with Crippen LogP contribution in [0.3, 0.4) is 0 Å². The van der Waals surface area contributed by atoms with Crippen LogP contribution in [0.2, 0.25) is 10.0 Å². The van der Waals surface area contributed by atoms with Crippen LogP contribution >= 0.6 is 50.5 Å². The van der Waals surface area contributed by atoms with E-state index in [9.17, 15) is 13.2 Å². The molecule has 204 valence electrons. The monoisotopic (exact) mass is 668 g/mol. The molecular formula is C26H23BrCl2N4O4S2. The van der Waals surface area contributed by atoms with Crippen molar-refractivity contribution in [3.05, 3.63) is 97.9 Å². The smallest absolute Gasteiger partial charge is 0.242 e. The maximum absolute atomic E-state index is 13.2. The number of ether oxygens (including phenoxy) is 1. The summed E-state index contributed by atoms with van der Waals surface area (Å²) < 4.78 is 34.0. The third-order valence-corrected chi connectivity index (χ3v) is 9.37. The Balaban J connectivity index is 1.41. The lowest BCUT2D eigenvalue weighted by Crippen LogP contribution is -2.32. The average Bonchev–Trinajstić information content (AvgIpc) is 3.35. The summed E-state index contributed by atoms with van der Waals surface area (Å²) in [7, 11) is -2.25. The highest BCUT2D eigenvalue weighted by atomic mass is 79.9. The fourth-order valence-electron chi connectivity index (χ4n) is 3.70. The highest BCUT2D eigenvalue weighted by Crippen LogP contribution is 2.29. The number of amides is 1. The molecule has 0 aliphatic rings. The van der Waals surface area contributed by atoms with Gasteiger partial charge in [0.15, 0.2) is 5.01 Å². The van der Waals surface area contributed by atoms with E-state index in [1.165, 1.54) is 34.8 Å². The highest BCUT2D eigenvalue weighted by molar-refractivity contribution is 9.10. The number of carbonyl (C=O) groups excluding carboxylic acids is 1. The first-order valence-electron chi connectivity index (χ1n) is 11.6. The summed E-state index contributed by atoms with van der Waals surface area (Å²) in [6.07, 6.45) is 0.0377. The Morgan fingerprint density at radius 2 is 1.79 bits per heavy atom. The molecule has 0 bridgehead atoms. The van der Waals surface area contributed by atoms with Crippen molar-refractivity contribution in [2.45, 2.75) is 23.8 Å². The third-order valence-electron chi connectivity index (χ3n) is 5.66. The summed E-state index contributed by atoms with van der Waals surface area (Å²) in [6.45, 7) is 0.215. The second-order valence-corrected chi connectivity index (χ2v) is 13.3. The van der Waals surface area contributed by atoms with Gasteiger partial charge in [0.1, 0.15) is 12.4 Å². The Hall–Kier alpha value is -2.54. The van der Waals surface area contributed by atoms with Gasteiger partial charge in [-0.05, 0) is 48.0 Å². The first-order valence-corrected chi connectivity index (χ1v) is 15.4. The van der Waals surface area contributed by atoms with E-state index in [1.807, 2.05) is 30.3 Å². The van der Waals surface area contributed by atoms with Crippen LogP contribution in [0.1, 0.15) is 22.9 Å². The number of rotatable bonds is 11. The third kappa shape index (κ3) is 8.00. The van der Waals surface area contributed by atoms with Crippen molar-refractivity contribution in [3.8, 4) is 5.75 Å². The summed E-state index contributed by atoms with van der Waals surface area (Å²) in [5.41, 5.74) is 0.844. The van der Waals surface area contributed by atoms with Crippen molar-refractivity contribution >= 4 is 71.5 Å². The number of likely N-dealkylation sites (N-methyl/N-ethyl adjacent to an activating group) is 1. The summed E-state index contributed by atoms with van der Waals surface area (Å²) >= 11 is 16.5. The number of sulfonamides is 1. The maximum atomic E-state index is 13.2. The van der Waals surface area contributed by atoms with Gasteiger partial charge in [0.2, 0.25) is 21.1 Å². The molecule has 0 saturated carbocycles. The van der Waals surface area contributed by atoms with Crippen molar-refractivity contribution in [2.75, 3.05) is 18.9 Å². The van der Waals surface area contributed by atoms with Crippen molar-refractivity contribution < 1.29 is 17.9 Å². The van der Waals surface area contributed by atoms with E-state index in [4.69, 9.17) is 27.9 Å². The lowest BCUT2D eigenvalue weighted by molar-refractivity contribution is -0.116. The zero-order chi connectivity index (χ0) is 28.0. The molecule has 0 spiro atoms. The molecule has 1 unspecified atom stereocenters. The van der Waals surface area contributed by atoms with E-state index in [-0.39, 0.29) is 30.4 Å². The van der Waals surface area contributed by atoms with E-state index in [0.717, 1.165) is 10.0 Å². The zero-order valence-corrected chi connectivity index (χ0v) is 25.3. The fraction of sp³-hybridized carbons (Fsp3) is 0.192. The van der Waals surface area contributed by atoms with Gasteiger partial charge >= 0.3 is 0 Å². The van der Waals surface area contributed by atoms with Crippen molar-refractivity contribution in [1.29, 1.82) is 0 Å². The Kier molecular flexibility index (Phi) is 9.97. The number of nitrogens with zero attached hydrogens (tertiary/aromatic N) is 3. The molecule has 8 nitrogen and oxygen atoms in total. The van der Waals surface area contributed by atoms with Crippen LogP contribution < -0.4 is 10.1 Å². The summed E-state index contributed by atoms with van der Waals surface area (Å²) in [5, 5.41) is 12.6. The molecule has 1 heterocycles. The predicted octanol–water partition coefficient (Wildman–Crippen LogP) is 6.62. The van der Waals surface area contributed by atoms with Gasteiger partial charge in [-0.15, -0.1) is 10.2 Å². The van der Waals surface area contributed by atoms with E-state index in [1.54, 1.807) is 30.3 Å². The molecular weight excluding hydrogens is 647 g/mol. The van der Waals surface area contributed by atoms with Crippen molar-refractivity contribution in [1.82, 2.24) is 14.5 Å². The molecule has 0 saturated heterocycles. The van der Waals surface area contributed by atoms with Gasteiger partial charge in [-0.1, -0.05) is 80.8 Å². The fourth-order valence-corrected chi connectivity index (χ4v) is 6.31. The molecule has 39 heavy (non-hydrogen) atoms. The first-order chi connectivity index (χ1) is 18.6. The Labute approximate surface area is 249 Å². The lowest BCUT2D eigenvalue weighted by atomic mass is 9.95. The molecule has 0 radical (unpaired) electrons. The first kappa shape index (κ1) is 29.4. The van der Waals surface area contributed by atoms with Crippen molar-refractivity contribution in [2.24, 2.45) is 0 Å². The van der Waals surface area contributed by atoms with Gasteiger partial charge < -0.3 is 10.1 Å². The van der Waals surface area contributed by atoms with E-state index >= 15 is 0 Å². The quantitative estimate of drug-likeness (QED) is 0.193. The normalized spacial score (nSPS) is 12.3. The summed E-state index contributed by atoms with van der Waals surface area (Å²) in [5.74, 6) is -0.262. The maximum Gasteiger partial charge on any atom is 0.242 e. The van der Waals surface area contributed by atoms with Gasteiger partial charge in [0, 0.05) is 35.4 Å². The lowest BCUT2D eigenvalue weighted by Gasteiger charge is -2.24. The molecule has 0 aliphatic carbocycles. The SMILES string of the molecule is CN(CC(CC(=O)Nc1nnc(COc2ccc(Cl)cc2Cl)s1)c1ccccc1)S(=O)(=O)c1ccc(Br)cc1. The van der Waals surface area contributed by atoms with Gasteiger partial charge in [-0.3, -0.25) is 4.79 Å². The van der Waals surface area contributed by atoms with Crippen LogP contribution in [-0.4, -0.2) is 42.4 Å². The molecule has 4 aromatic rings. The van der Waals surface area contributed by atoms with Crippen LogP contribution in [0.5, 0.6) is 5.75 Å². The summed E-state index contributed by atoms with van der Waals surface area (Å²) in [6, 6.07) is 20.7. The van der Waals surface area contributed by atoms with Crippen LogP contribution in [0.4, 0.5) is 5.13 Å². The molecule has 0 fully saturated rings. The molecule has 0 aliphatic heterocycles. The molecule has 4 rings (SSSR count). The highest BCUT2D eigenvalue weighted by Gasteiger charge is 2.26. The Morgan fingerprint density at radius 1 is 1.08 bits per heavy atom. The molecule has 1 atom stereocenters. The number of benzene rings is 3. The number of carbonyl (C=O) groups is 1.